The van der Waals surface area contributed by atoms with Crippen molar-refractivity contribution in [2.24, 2.45) is 15.4 Å². The molecule has 0 radical (unpaired) electrons. The molecule has 26 heavy (non-hydrogen) atoms. The van der Waals surface area contributed by atoms with Gasteiger partial charge in [0.2, 0.25) is 10.0 Å². The fourth-order valence-corrected chi connectivity index (χ4v) is 3.04. The van der Waals surface area contributed by atoms with Crippen LogP contribution in [0.5, 0.6) is 0 Å². The number of rotatable bonds is 6. The van der Waals surface area contributed by atoms with Crippen LogP contribution in [0.3, 0.4) is 0 Å². The number of nitrogens with two attached hydrogens (primary N) is 1. The number of nitrogens with zero attached hydrogens (tertiary/aromatic N) is 3. The minimum atomic E-state index is -4.36. The van der Waals surface area contributed by atoms with Crippen molar-refractivity contribution < 1.29 is 50.9 Å². The number of azo groups is 1. The molecule has 2 aromatic carbocycles. The van der Waals surface area contributed by atoms with Crippen LogP contribution < -0.4 is 39.6 Å². The van der Waals surface area contributed by atoms with E-state index in [0.29, 0.717) is 17.1 Å². The quantitative estimate of drug-likeness (QED) is 0.358. The van der Waals surface area contributed by atoms with Crippen molar-refractivity contribution in [3.63, 3.8) is 0 Å². The molecule has 0 saturated carbocycles. The van der Waals surface area contributed by atoms with E-state index in [1.165, 1.54) is 36.2 Å². The van der Waals surface area contributed by atoms with Crippen LogP contribution in [0, 0.1) is 0 Å². The normalized spacial score (nSPS) is 12.0. The van der Waals surface area contributed by atoms with Crippen molar-refractivity contribution in [3.8, 4) is 0 Å². The Kier molecular flexibility index (Phi) is 7.89. The molecule has 0 atom stereocenters. The Morgan fingerprint density at radius 3 is 1.73 bits per heavy atom. The first-order valence-electron chi connectivity index (χ1n) is 6.84. The van der Waals surface area contributed by atoms with Crippen LogP contribution in [0.25, 0.3) is 0 Å². The summed E-state index contributed by atoms with van der Waals surface area (Å²) in [6, 6.07) is 12.0. The summed E-state index contributed by atoms with van der Waals surface area (Å²) in [4.78, 5) is 1.28. The maximum atomic E-state index is 11.2. The Hall–Kier alpha value is -1.34. The zero-order valence-electron chi connectivity index (χ0n) is 14.1. The number of primary sulfonamides is 1. The molecule has 0 heterocycles. The van der Waals surface area contributed by atoms with Crippen molar-refractivity contribution in [2.75, 3.05) is 17.8 Å². The van der Waals surface area contributed by atoms with E-state index in [1.54, 1.807) is 24.3 Å². The number of anilines is 1. The smallest absolute Gasteiger partial charge is 0.747 e. The molecule has 9 nitrogen and oxygen atoms in total. The summed E-state index contributed by atoms with van der Waals surface area (Å²) in [5, 5.41) is 13.0. The van der Waals surface area contributed by atoms with Gasteiger partial charge in [0.1, 0.15) is 16.0 Å². The van der Waals surface area contributed by atoms with E-state index in [2.05, 4.69) is 10.2 Å². The zero-order chi connectivity index (χ0) is 18.7. The van der Waals surface area contributed by atoms with Crippen molar-refractivity contribution in [3.05, 3.63) is 48.5 Å². The molecule has 134 valence electrons. The summed E-state index contributed by atoms with van der Waals surface area (Å²) in [6.07, 6.45) is 0. The molecule has 0 aromatic heterocycles. The molecule has 0 fully saturated rings. The number of sulfonamides is 1. The molecule has 0 bridgehead atoms. The predicted molar refractivity (Wildman–Crippen MR) is 91.4 cm³/mol. The first kappa shape index (κ1) is 22.7. The second-order valence-corrected chi connectivity index (χ2v) is 8.08. The second kappa shape index (κ2) is 9.04. The molecule has 2 aromatic rings. The largest absolute Gasteiger partial charge is 1.00 e. The Balaban J connectivity index is 0.00000338. The van der Waals surface area contributed by atoms with Gasteiger partial charge in [-0.3, -0.25) is 0 Å². The molecule has 0 aliphatic carbocycles. The van der Waals surface area contributed by atoms with Crippen LogP contribution in [0.2, 0.25) is 0 Å². The molecular weight excluding hydrogens is 391 g/mol. The Bertz CT molecular complexity index is 975. The molecular formula is C14H15N4NaO5S2. The maximum Gasteiger partial charge on any atom is 1.00 e. The van der Waals surface area contributed by atoms with E-state index in [9.17, 15) is 21.4 Å². The monoisotopic (exact) mass is 406 g/mol. The molecule has 0 aliphatic heterocycles. The average molecular weight is 406 g/mol. The van der Waals surface area contributed by atoms with Crippen LogP contribution in [-0.4, -0.2) is 34.3 Å². The third-order valence-corrected chi connectivity index (χ3v) is 4.72. The number of hydrogen-bond donors (Lipinski definition) is 1. The van der Waals surface area contributed by atoms with Gasteiger partial charge in [0.25, 0.3) is 0 Å². The third kappa shape index (κ3) is 7.11. The molecule has 2 rings (SSSR count). The molecule has 0 spiro atoms. The van der Waals surface area contributed by atoms with Crippen molar-refractivity contribution in [2.45, 2.75) is 4.90 Å². The fraction of sp³-hybridized carbons (Fsp3) is 0.143. The molecule has 2 N–H and O–H groups in total. The van der Waals surface area contributed by atoms with Gasteiger partial charge in [-0.15, -0.1) is 0 Å². The van der Waals surface area contributed by atoms with Crippen LogP contribution in [-0.2, 0) is 20.1 Å². The van der Waals surface area contributed by atoms with Gasteiger partial charge in [-0.2, -0.15) is 10.2 Å². The summed E-state index contributed by atoms with van der Waals surface area (Å²) >= 11 is 0. The van der Waals surface area contributed by atoms with E-state index in [4.69, 9.17) is 5.14 Å². The fourth-order valence-electron chi connectivity index (χ4n) is 1.90. The van der Waals surface area contributed by atoms with Crippen LogP contribution in [0.1, 0.15) is 0 Å². The number of hydrogen-bond acceptors (Lipinski definition) is 8. The third-order valence-electron chi connectivity index (χ3n) is 3.09. The average Bonchev–Trinajstić information content (AvgIpc) is 2.51. The maximum absolute atomic E-state index is 11.2. The molecule has 0 saturated heterocycles. The van der Waals surface area contributed by atoms with Crippen molar-refractivity contribution in [1.82, 2.24) is 0 Å². The topological polar surface area (TPSA) is 145 Å². The van der Waals surface area contributed by atoms with Gasteiger partial charge in [-0.25, -0.2) is 22.0 Å². The van der Waals surface area contributed by atoms with Crippen molar-refractivity contribution in [1.29, 1.82) is 0 Å². The van der Waals surface area contributed by atoms with Gasteiger partial charge in [0.05, 0.1) is 16.3 Å². The summed E-state index contributed by atoms with van der Waals surface area (Å²) < 4.78 is 54.6. The molecule has 0 unspecified atom stereocenters. The summed E-state index contributed by atoms with van der Waals surface area (Å²) in [6.45, 7) is 0. The van der Waals surface area contributed by atoms with E-state index in [0.717, 1.165) is 0 Å². The predicted octanol–water partition coefficient (Wildman–Crippen LogP) is -1.31. The van der Waals surface area contributed by atoms with Gasteiger partial charge in [0.15, 0.2) is 0 Å². The van der Waals surface area contributed by atoms with Gasteiger partial charge in [0, 0.05) is 12.7 Å². The zero-order valence-corrected chi connectivity index (χ0v) is 17.7. The Labute approximate surface area is 174 Å². The van der Waals surface area contributed by atoms with Gasteiger partial charge in [-0.1, -0.05) is 0 Å². The van der Waals surface area contributed by atoms with Crippen molar-refractivity contribution >= 4 is 37.2 Å². The molecule has 0 aliphatic rings. The second-order valence-electron chi connectivity index (χ2n) is 5.14. The van der Waals surface area contributed by atoms with Gasteiger partial charge < -0.3 is 9.45 Å². The van der Waals surface area contributed by atoms with Crippen LogP contribution in [0.15, 0.2) is 63.7 Å². The summed E-state index contributed by atoms with van der Waals surface area (Å²) in [5.41, 5.74) is 1.47. The van der Waals surface area contributed by atoms with E-state index in [-0.39, 0.29) is 34.5 Å². The Morgan fingerprint density at radius 1 is 0.923 bits per heavy atom. The number of benzene rings is 2. The van der Waals surface area contributed by atoms with Gasteiger partial charge in [-0.05, 0) is 48.5 Å². The summed E-state index contributed by atoms with van der Waals surface area (Å²) in [5.74, 6) is -0.635. The molecule has 12 heteroatoms. The standard InChI is InChI=1S/C14H16N4O5S2.Na/c1-18(10-24(19,20)21)13-6-2-11(3-7-13)16-17-12-4-8-14(9-5-12)25(15,22)23;/h2-9H,10H2,1H3,(H2,15,22,23)(H,19,20,21);/q;+1/p-1. The van der Waals surface area contributed by atoms with E-state index >= 15 is 0 Å². The Morgan fingerprint density at radius 2 is 1.35 bits per heavy atom. The minimum Gasteiger partial charge on any atom is -0.747 e. The molecule has 0 amide bonds. The van der Waals surface area contributed by atoms with E-state index < -0.39 is 26.0 Å². The van der Waals surface area contributed by atoms with Gasteiger partial charge >= 0.3 is 29.6 Å². The van der Waals surface area contributed by atoms with Crippen LogP contribution in [0.4, 0.5) is 17.1 Å². The first-order valence-corrected chi connectivity index (χ1v) is 9.96. The first-order chi connectivity index (χ1) is 11.5. The van der Waals surface area contributed by atoms with Crippen LogP contribution >= 0.6 is 0 Å². The SMILES string of the molecule is CN(CS(=O)(=O)[O-])c1ccc(N=Nc2ccc(S(N)(=O)=O)cc2)cc1.[Na+]. The summed E-state index contributed by atoms with van der Waals surface area (Å²) in [7, 11) is -6.63. The minimum absolute atomic E-state index is 0. The van der Waals surface area contributed by atoms with E-state index in [1.807, 2.05) is 0 Å².